The Balaban J connectivity index is 0.00000320. The molecule has 8 nitrogen and oxygen atoms in total. The Morgan fingerprint density at radius 2 is 2.00 bits per heavy atom. The molecule has 2 heterocycles. The van der Waals surface area contributed by atoms with E-state index in [1.165, 1.54) is 0 Å². The summed E-state index contributed by atoms with van der Waals surface area (Å²) < 4.78 is 27.5. The molecule has 3 rings (SSSR count). The van der Waals surface area contributed by atoms with E-state index in [1.807, 2.05) is 42.1 Å². The Morgan fingerprint density at radius 1 is 1.23 bits per heavy atom. The summed E-state index contributed by atoms with van der Waals surface area (Å²) in [5.41, 5.74) is 2.10. The number of aliphatic imine (C=N–C) groups is 1. The van der Waals surface area contributed by atoms with Crippen molar-refractivity contribution in [1.29, 1.82) is 0 Å². The normalized spacial score (nSPS) is 16.1. The van der Waals surface area contributed by atoms with Gasteiger partial charge in [-0.2, -0.15) is 5.10 Å². The third-order valence-corrected chi connectivity index (χ3v) is 6.88. The van der Waals surface area contributed by atoms with Crippen LogP contribution in [0.15, 0.2) is 47.7 Å². The molecule has 1 aromatic heterocycles. The van der Waals surface area contributed by atoms with Gasteiger partial charge in [0.15, 0.2) is 5.96 Å². The number of hydrogen-bond donors (Lipinski definition) is 2. The Morgan fingerprint density at radius 3 is 2.63 bits per heavy atom. The van der Waals surface area contributed by atoms with Gasteiger partial charge in [0, 0.05) is 38.1 Å². The second-order valence-electron chi connectivity index (χ2n) is 7.03. The summed E-state index contributed by atoms with van der Waals surface area (Å²) in [6.45, 7) is 6.15. The van der Waals surface area contributed by atoms with Gasteiger partial charge in [0.05, 0.1) is 18.0 Å². The summed E-state index contributed by atoms with van der Waals surface area (Å²) in [6, 6.07) is 10.3. The lowest BCUT2D eigenvalue weighted by atomic mass is 10.1. The van der Waals surface area contributed by atoms with Crippen molar-refractivity contribution in [2.24, 2.45) is 4.99 Å². The molecule has 1 aliphatic rings. The van der Waals surface area contributed by atoms with Gasteiger partial charge in [-0.1, -0.05) is 12.1 Å². The summed E-state index contributed by atoms with van der Waals surface area (Å²) in [5.74, 6) is 0.918. The molecule has 0 aliphatic carbocycles. The van der Waals surface area contributed by atoms with Crippen LogP contribution in [0, 0.1) is 0 Å². The van der Waals surface area contributed by atoms with Crippen LogP contribution in [0.4, 0.5) is 0 Å². The molecule has 0 atom stereocenters. The third kappa shape index (κ3) is 6.67. The number of guanidine groups is 1. The SMILES string of the molecule is CCNC(=NCc1cccc(-n2cccn2)c1)NC1CCN(S(=O)(=O)CC)CC1.I. The molecule has 2 N–H and O–H groups in total. The quantitative estimate of drug-likeness (QED) is 0.316. The van der Waals surface area contributed by atoms with Gasteiger partial charge in [0.1, 0.15) is 0 Å². The number of rotatable bonds is 7. The minimum Gasteiger partial charge on any atom is -0.357 e. The van der Waals surface area contributed by atoms with E-state index in [1.54, 1.807) is 17.4 Å². The van der Waals surface area contributed by atoms with Gasteiger partial charge in [-0.15, -0.1) is 24.0 Å². The molecule has 1 fully saturated rings. The van der Waals surface area contributed by atoms with Crippen LogP contribution in [0.1, 0.15) is 32.3 Å². The molecule has 10 heteroatoms. The number of halogens is 1. The van der Waals surface area contributed by atoms with Gasteiger partial charge in [0.2, 0.25) is 10.0 Å². The molecule has 1 aliphatic heterocycles. The van der Waals surface area contributed by atoms with Crippen molar-refractivity contribution in [1.82, 2.24) is 24.7 Å². The number of piperidine rings is 1. The highest BCUT2D eigenvalue weighted by atomic mass is 127. The van der Waals surface area contributed by atoms with E-state index in [4.69, 9.17) is 4.99 Å². The predicted molar refractivity (Wildman–Crippen MR) is 131 cm³/mol. The number of sulfonamides is 1. The highest BCUT2D eigenvalue weighted by molar-refractivity contribution is 14.0. The molecule has 0 radical (unpaired) electrons. The van der Waals surface area contributed by atoms with Crippen molar-refractivity contribution >= 4 is 40.0 Å². The number of hydrogen-bond acceptors (Lipinski definition) is 4. The van der Waals surface area contributed by atoms with Gasteiger partial charge in [-0.3, -0.25) is 0 Å². The van der Waals surface area contributed by atoms with Crippen LogP contribution in [-0.4, -0.2) is 59.9 Å². The first kappa shape index (κ1) is 24.6. The Bertz CT molecular complexity index is 909. The van der Waals surface area contributed by atoms with Gasteiger partial charge in [-0.25, -0.2) is 22.4 Å². The number of benzene rings is 1. The summed E-state index contributed by atoms with van der Waals surface area (Å²) in [6.07, 6.45) is 5.23. The average Bonchev–Trinajstić information content (AvgIpc) is 3.28. The Labute approximate surface area is 196 Å². The molecule has 1 saturated heterocycles. The number of nitrogens with zero attached hydrogens (tertiary/aromatic N) is 4. The minimum absolute atomic E-state index is 0. The molecule has 2 aromatic rings. The first-order valence-corrected chi connectivity index (χ1v) is 11.7. The van der Waals surface area contributed by atoms with Crippen LogP contribution in [0.2, 0.25) is 0 Å². The van der Waals surface area contributed by atoms with Gasteiger partial charge >= 0.3 is 0 Å². The lowest BCUT2D eigenvalue weighted by molar-refractivity contribution is 0.306. The van der Waals surface area contributed by atoms with Crippen LogP contribution >= 0.6 is 24.0 Å². The van der Waals surface area contributed by atoms with Gasteiger partial charge < -0.3 is 10.6 Å². The first-order valence-electron chi connectivity index (χ1n) is 10.1. The fourth-order valence-electron chi connectivity index (χ4n) is 3.36. The van der Waals surface area contributed by atoms with E-state index in [0.29, 0.717) is 19.6 Å². The second-order valence-corrected chi connectivity index (χ2v) is 9.29. The molecule has 0 spiro atoms. The molecular weight excluding hydrogens is 515 g/mol. The standard InChI is InChI=1S/C20H30N6O2S.HI/c1-3-21-20(24-18-9-13-25(14-10-18)29(27,28)4-2)22-16-17-7-5-8-19(15-17)26-12-6-11-23-26;/h5-8,11-12,15,18H,3-4,9-10,13-14,16H2,1-2H3,(H2,21,22,24);1H. The van der Waals surface area contributed by atoms with Crippen LogP contribution in [0.5, 0.6) is 0 Å². The van der Waals surface area contributed by atoms with Crippen molar-refractivity contribution in [2.45, 2.75) is 39.3 Å². The largest absolute Gasteiger partial charge is 0.357 e. The fourth-order valence-corrected chi connectivity index (χ4v) is 4.50. The van der Waals surface area contributed by atoms with Gasteiger partial charge in [0.25, 0.3) is 0 Å². The zero-order chi connectivity index (χ0) is 20.7. The van der Waals surface area contributed by atoms with E-state index < -0.39 is 10.0 Å². The lowest BCUT2D eigenvalue weighted by Crippen LogP contribution is -2.50. The summed E-state index contributed by atoms with van der Waals surface area (Å²) in [5, 5.41) is 11.0. The van der Waals surface area contributed by atoms with Crippen molar-refractivity contribution < 1.29 is 8.42 Å². The molecule has 166 valence electrons. The summed E-state index contributed by atoms with van der Waals surface area (Å²) in [7, 11) is -3.10. The van der Waals surface area contributed by atoms with E-state index >= 15 is 0 Å². The summed E-state index contributed by atoms with van der Waals surface area (Å²) in [4.78, 5) is 4.72. The molecule has 0 bridgehead atoms. The molecule has 0 unspecified atom stereocenters. The van der Waals surface area contributed by atoms with Crippen molar-refractivity contribution in [3.05, 3.63) is 48.3 Å². The number of nitrogens with one attached hydrogen (secondary N) is 2. The smallest absolute Gasteiger partial charge is 0.213 e. The maximum atomic E-state index is 12.0. The van der Waals surface area contributed by atoms with Crippen LogP contribution in [-0.2, 0) is 16.6 Å². The summed E-state index contributed by atoms with van der Waals surface area (Å²) >= 11 is 0. The zero-order valence-corrected chi connectivity index (χ0v) is 20.6. The number of aromatic nitrogens is 2. The predicted octanol–water partition coefficient (Wildman–Crippen LogP) is 2.36. The molecule has 0 amide bonds. The Kier molecular flexibility index (Phi) is 9.56. The molecular formula is C20H31IN6O2S. The van der Waals surface area contributed by atoms with E-state index in [-0.39, 0.29) is 35.8 Å². The molecule has 1 aromatic carbocycles. The van der Waals surface area contributed by atoms with Crippen LogP contribution in [0.3, 0.4) is 0 Å². The first-order chi connectivity index (χ1) is 14.0. The third-order valence-electron chi connectivity index (χ3n) is 5.00. The molecule has 30 heavy (non-hydrogen) atoms. The monoisotopic (exact) mass is 546 g/mol. The lowest BCUT2D eigenvalue weighted by Gasteiger charge is -2.32. The fraction of sp³-hybridized carbons (Fsp3) is 0.500. The van der Waals surface area contributed by atoms with Gasteiger partial charge in [-0.05, 0) is 50.5 Å². The highest BCUT2D eigenvalue weighted by Crippen LogP contribution is 2.15. The maximum absolute atomic E-state index is 12.0. The second kappa shape index (κ2) is 11.7. The minimum atomic E-state index is -3.10. The zero-order valence-electron chi connectivity index (χ0n) is 17.5. The van der Waals surface area contributed by atoms with Crippen molar-refractivity contribution in [3.63, 3.8) is 0 Å². The molecule has 0 saturated carbocycles. The van der Waals surface area contributed by atoms with Crippen molar-refractivity contribution in [2.75, 3.05) is 25.4 Å². The Hall–Kier alpha value is -1.66. The van der Waals surface area contributed by atoms with Crippen molar-refractivity contribution in [3.8, 4) is 5.69 Å². The van der Waals surface area contributed by atoms with E-state index in [0.717, 1.165) is 36.6 Å². The van der Waals surface area contributed by atoms with Crippen LogP contribution in [0.25, 0.3) is 5.69 Å². The topological polar surface area (TPSA) is 91.6 Å². The van der Waals surface area contributed by atoms with E-state index in [2.05, 4.69) is 21.8 Å². The average molecular weight is 546 g/mol. The maximum Gasteiger partial charge on any atom is 0.213 e. The highest BCUT2D eigenvalue weighted by Gasteiger charge is 2.26. The van der Waals surface area contributed by atoms with E-state index in [9.17, 15) is 8.42 Å². The van der Waals surface area contributed by atoms with Crippen LogP contribution < -0.4 is 10.6 Å².